The van der Waals surface area contributed by atoms with Gasteiger partial charge in [0.05, 0.1) is 4.11 Å². The maximum Gasteiger partial charge on any atom is 0.0629 e. The van der Waals surface area contributed by atoms with Crippen LogP contribution in [0.2, 0.25) is 0 Å². The van der Waals surface area contributed by atoms with Crippen LogP contribution in [-0.2, 0) is 0 Å². The van der Waals surface area contributed by atoms with Crippen molar-refractivity contribution in [3.63, 3.8) is 0 Å². The van der Waals surface area contributed by atoms with E-state index >= 15 is 0 Å². The van der Waals surface area contributed by atoms with E-state index in [4.69, 9.17) is 4.11 Å². The molecule has 186 valence electrons. The van der Waals surface area contributed by atoms with E-state index in [-0.39, 0.29) is 18.1 Å². The molecule has 0 amide bonds. The fourth-order valence-electron chi connectivity index (χ4n) is 6.30. The van der Waals surface area contributed by atoms with Gasteiger partial charge in [-0.2, -0.15) is 0 Å². The summed E-state index contributed by atoms with van der Waals surface area (Å²) in [5.41, 5.74) is 6.33. The molecule has 0 bridgehead atoms. The summed E-state index contributed by atoms with van der Waals surface area (Å²) in [5.74, 6) is 0. The first-order chi connectivity index (χ1) is 21.1. The van der Waals surface area contributed by atoms with E-state index in [1.165, 1.54) is 32.7 Å². The fraction of sp³-hybridized carbons (Fsp3) is 0. The zero-order chi connectivity index (χ0) is 29.1. The maximum atomic E-state index is 8.80. The van der Waals surface area contributed by atoms with Gasteiger partial charge < -0.3 is 0 Å². The SMILES string of the molecule is [2H]c1ccc(-c2c3ccccc3c(-c3cccc4c(-c5ccc6ccccc6c5)cccc34)c3ccccc23)c([2H])c1[2H]. The first-order valence-electron chi connectivity index (χ1n) is 15.1. The summed E-state index contributed by atoms with van der Waals surface area (Å²) in [7, 11) is 0. The zero-order valence-corrected chi connectivity index (χ0v) is 21.8. The molecule has 0 unspecified atom stereocenters. The van der Waals surface area contributed by atoms with E-state index in [1.807, 2.05) is 18.2 Å². The second kappa shape index (κ2) is 9.22. The molecule has 40 heavy (non-hydrogen) atoms. The molecule has 8 aromatic rings. The molecule has 0 saturated heterocycles. The number of rotatable bonds is 3. The van der Waals surface area contributed by atoms with E-state index in [0.717, 1.165) is 38.2 Å². The average molecular weight is 510 g/mol. The monoisotopic (exact) mass is 509 g/mol. The summed E-state index contributed by atoms with van der Waals surface area (Å²) >= 11 is 0. The first-order valence-corrected chi connectivity index (χ1v) is 13.6. The van der Waals surface area contributed by atoms with Crippen molar-refractivity contribution in [2.75, 3.05) is 0 Å². The average Bonchev–Trinajstić information content (AvgIpc) is 3.06. The predicted molar refractivity (Wildman–Crippen MR) is 173 cm³/mol. The number of fused-ring (bicyclic) bond motifs is 4. The summed E-state index contributed by atoms with van der Waals surface area (Å²) in [6.07, 6.45) is 0. The molecule has 0 spiro atoms. The molecule has 0 aliphatic rings. The summed E-state index contributed by atoms with van der Waals surface area (Å²) in [6.45, 7) is 0. The van der Waals surface area contributed by atoms with Crippen molar-refractivity contribution in [1.29, 1.82) is 0 Å². The molecular formula is C40H26. The van der Waals surface area contributed by atoms with Crippen molar-refractivity contribution in [3.8, 4) is 33.4 Å². The van der Waals surface area contributed by atoms with Gasteiger partial charge in [-0.05, 0) is 82.5 Å². The van der Waals surface area contributed by atoms with Crippen LogP contribution in [0.5, 0.6) is 0 Å². The second-order valence-electron chi connectivity index (χ2n) is 10.3. The van der Waals surface area contributed by atoms with Crippen molar-refractivity contribution in [2.45, 2.75) is 0 Å². The van der Waals surface area contributed by atoms with Gasteiger partial charge in [-0.3, -0.25) is 0 Å². The molecule has 0 radical (unpaired) electrons. The highest BCUT2D eigenvalue weighted by Gasteiger charge is 2.18. The minimum Gasteiger partial charge on any atom is -0.0622 e. The highest BCUT2D eigenvalue weighted by molar-refractivity contribution is 6.24. The van der Waals surface area contributed by atoms with Gasteiger partial charge in [-0.25, -0.2) is 0 Å². The quantitative estimate of drug-likeness (QED) is 0.208. The standard InChI is InChI=1S/C40H26/c1-2-13-28(14-3-1)39-35-16-6-8-18-37(35)40(38-19-9-7-17-36(38)39)34-23-11-21-32-31(20-10-22-33(32)34)30-25-24-27-12-4-5-15-29(27)26-30/h1-26H/i1D,2D,13D. The molecule has 0 atom stereocenters. The van der Waals surface area contributed by atoms with Crippen LogP contribution >= 0.6 is 0 Å². The Balaban J connectivity index is 1.45. The number of hydrogen-bond acceptors (Lipinski definition) is 0. The molecule has 0 fully saturated rings. The largest absolute Gasteiger partial charge is 0.0629 e. The second-order valence-corrected chi connectivity index (χ2v) is 10.3. The van der Waals surface area contributed by atoms with Crippen LogP contribution < -0.4 is 0 Å². The lowest BCUT2D eigenvalue weighted by Crippen LogP contribution is -1.92. The van der Waals surface area contributed by atoms with Crippen LogP contribution in [0.15, 0.2) is 158 Å². The third kappa shape index (κ3) is 3.54. The maximum absolute atomic E-state index is 8.80. The Morgan fingerprint density at radius 2 is 0.925 bits per heavy atom. The first kappa shape index (κ1) is 19.8. The van der Waals surface area contributed by atoms with Gasteiger partial charge in [-0.15, -0.1) is 0 Å². The molecule has 8 rings (SSSR count). The topological polar surface area (TPSA) is 0 Å². The van der Waals surface area contributed by atoms with E-state index in [1.54, 1.807) is 6.07 Å². The molecule has 0 aliphatic heterocycles. The summed E-state index contributed by atoms with van der Waals surface area (Å²) in [5, 5.41) is 9.10. The molecule has 0 heterocycles. The molecule has 8 aromatic carbocycles. The smallest absolute Gasteiger partial charge is 0.0622 e. The van der Waals surface area contributed by atoms with Gasteiger partial charge in [0, 0.05) is 0 Å². The van der Waals surface area contributed by atoms with Gasteiger partial charge in [0.1, 0.15) is 0 Å². The minimum absolute atomic E-state index is 0.0509. The van der Waals surface area contributed by atoms with Gasteiger partial charge >= 0.3 is 0 Å². The molecular weight excluding hydrogens is 480 g/mol. The number of benzene rings is 8. The Hall–Kier alpha value is -5.20. The van der Waals surface area contributed by atoms with Crippen LogP contribution in [0.1, 0.15) is 4.11 Å². The zero-order valence-electron chi connectivity index (χ0n) is 24.8. The van der Waals surface area contributed by atoms with Crippen molar-refractivity contribution in [1.82, 2.24) is 0 Å². The Bertz CT molecular complexity index is 2330. The normalized spacial score (nSPS) is 12.6. The van der Waals surface area contributed by atoms with Crippen LogP contribution in [0.4, 0.5) is 0 Å². The fourth-order valence-corrected chi connectivity index (χ4v) is 6.30. The molecule has 0 aromatic heterocycles. The minimum atomic E-state index is -0.0509. The van der Waals surface area contributed by atoms with Crippen molar-refractivity contribution in [3.05, 3.63) is 158 Å². The number of hydrogen-bond donors (Lipinski definition) is 0. The molecule has 0 saturated carbocycles. The lowest BCUT2D eigenvalue weighted by Gasteiger charge is -2.19. The van der Waals surface area contributed by atoms with Gasteiger partial charge in [0.25, 0.3) is 0 Å². The van der Waals surface area contributed by atoms with E-state index in [2.05, 4.69) is 115 Å². The molecule has 0 heteroatoms. The van der Waals surface area contributed by atoms with Crippen molar-refractivity contribution < 1.29 is 4.11 Å². The van der Waals surface area contributed by atoms with Gasteiger partial charge in [0.2, 0.25) is 0 Å². The van der Waals surface area contributed by atoms with Crippen molar-refractivity contribution in [2.24, 2.45) is 0 Å². The Kier molecular flexibility index (Phi) is 4.57. The summed E-state index contributed by atoms with van der Waals surface area (Å²) in [6, 6.07) is 48.6. The van der Waals surface area contributed by atoms with E-state index < -0.39 is 0 Å². The molecule has 0 N–H and O–H groups in total. The van der Waals surface area contributed by atoms with Crippen LogP contribution in [-0.4, -0.2) is 0 Å². The van der Waals surface area contributed by atoms with Gasteiger partial charge in [0.15, 0.2) is 0 Å². The summed E-state index contributed by atoms with van der Waals surface area (Å²) < 4.78 is 25.3. The third-order valence-corrected chi connectivity index (χ3v) is 8.06. The Morgan fingerprint density at radius 1 is 0.350 bits per heavy atom. The molecule has 0 nitrogen and oxygen atoms in total. The lowest BCUT2D eigenvalue weighted by molar-refractivity contribution is 1.65. The Morgan fingerprint density at radius 3 is 1.65 bits per heavy atom. The summed E-state index contributed by atoms with van der Waals surface area (Å²) in [4.78, 5) is 0. The lowest BCUT2D eigenvalue weighted by atomic mass is 9.84. The van der Waals surface area contributed by atoms with Crippen LogP contribution in [0, 0.1) is 0 Å². The Labute approximate surface area is 238 Å². The highest BCUT2D eigenvalue weighted by Crippen LogP contribution is 2.46. The highest BCUT2D eigenvalue weighted by atomic mass is 14.2. The van der Waals surface area contributed by atoms with Crippen LogP contribution in [0.3, 0.4) is 0 Å². The van der Waals surface area contributed by atoms with E-state index in [9.17, 15) is 0 Å². The van der Waals surface area contributed by atoms with E-state index in [0.29, 0.717) is 5.56 Å². The van der Waals surface area contributed by atoms with Crippen molar-refractivity contribution >= 4 is 43.1 Å². The predicted octanol–water partition coefficient (Wildman–Crippen LogP) is 11.3. The van der Waals surface area contributed by atoms with Crippen LogP contribution in [0.25, 0.3) is 76.5 Å². The van der Waals surface area contributed by atoms with Gasteiger partial charge in [-0.1, -0.05) is 152 Å². The molecule has 0 aliphatic carbocycles. The third-order valence-electron chi connectivity index (χ3n) is 8.06.